The summed E-state index contributed by atoms with van der Waals surface area (Å²) in [5.74, 6) is -0.176. The van der Waals surface area contributed by atoms with E-state index in [1.54, 1.807) is 0 Å². The molecule has 12 heavy (non-hydrogen) atoms. The molecule has 0 fully saturated rings. The van der Waals surface area contributed by atoms with Crippen LogP contribution in [0.2, 0.25) is 0 Å². The third kappa shape index (κ3) is 1.73. The second-order valence-corrected chi connectivity index (χ2v) is 4.55. The van der Waals surface area contributed by atoms with E-state index in [0.29, 0.717) is 5.69 Å². The maximum absolute atomic E-state index is 10.9. The van der Waals surface area contributed by atoms with E-state index in [1.807, 2.05) is 0 Å². The second kappa shape index (κ2) is 2.75. The molecule has 1 N–H and O–H groups in total. The van der Waals surface area contributed by atoms with Crippen LogP contribution >= 0.6 is 0 Å². The highest BCUT2D eigenvalue weighted by atomic mass is 32.2. The first-order chi connectivity index (χ1) is 5.41. The van der Waals surface area contributed by atoms with Crippen molar-refractivity contribution in [2.75, 3.05) is 6.26 Å². The van der Waals surface area contributed by atoms with E-state index in [1.165, 1.54) is 19.1 Å². The number of aromatic nitrogens is 1. The number of carbonyl (C=O) groups is 1. The molecular weight excluding hydrogens is 178 g/mol. The minimum absolute atomic E-state index is 0.0766. The lowest BCUT2D eigenvalue weighted by atomic mass is 10.3. The highest BCUT2D eigenvalue weighted by Gasteiger charge is 2.10. The molecule has 0 bridgehead atoms. The van der Waals surface area contributed by atoms with E-state index in [9.17, 15) is 13.2 Å². The number of carbonyl (C=O) groups excluding carboxylic acids is 1. The fourth-order valence-electron chi connectivity index (χ4n) is 0.797. The summed E-state index contributed by atoms with van der Waals surface area (Å²) in [7, 11) is -3.22. The van der Waals surface area contributed by atoms with Crippen molar-refractivity contribution < 1.29 is 13.2 Å². The zero-order chi connectivity index (χ0) is 9.35. The summed E-state index contributed by atoms with van der Waals surface area (Å²) in [5.41, 5.74) is 0.315. The van der Waals surface area contributed by atoms with Crippen molar-refractivity contribution in [2.45, 2.75) is 11.9 Å². The predicted molar refractivity (Wildman–Crippen MR) is 43.9 cm³/mol. The van der Waals surface area contributed by atoms with Crippen LogP contribution in [0.4, 0.5) is 0 Å². The molecule has 0 aromatic carbocycles. The normalized spacial score (nSPS) is 11.5. The summed E-state index contributed by atoms with van der Waals surface area (Å²) >= 11 is 0. The van der Waals surface area contributed by atoms with Crippen LogP contribution in [0.3, 0.4) is 0 Å². The van der Waals surface area contributed by atoms with Crippen LogP contribution in [-0.2, 0) is 9.84 Å². The first-order valence-corrected chi connectivity index (χ1v) is 5.20. The van der Waals surface area contributed by atoms with Crippen LogP contribution in [0.15, 0.2) is 17.2 Å². The van der Waals surface area contributed by atoms with Gasteiger partial charge < -0.3 is 4.98 Å². The van der Waals surface area contributed by atoms with E-state index in [2.05, 4.69) is 4.98 Å². The van der Waals surface area contributed by atoms with Crippen molar-refractivity contribution in [1.82, 2.24) is 4.98 Å². The first kappa shape index (κ1) is 8.99. The highest BCUT2D eigenvalue weighted by Crippen LogP contribution is 2.08. The van der Waals surface area contributed by atoms with Crippen molar-refractivity contribution in [2.24, 2.45) is 0 Å². The minimum Gasteiger partial charge on any atom is -0.343 e. The Morgan fingerprint density at radius 1 is 1.42 bits per heavy atom. The molecule has 5 heteroatoms. The second-order valence-electron chi connectivity index (χ2n) is 2.56. The Labute approximate surface area is 70.5 Å². The Balaban J connectivity index is 3.17. The number of hydrogen-bond acceptors (Lipinski definition) is 3. The van der Waals surface area contributed by atoms with Crippen molar-refractivity contribution in [3.8, 4) is 0 Å². The molecule has 0 unspecified atom stereocenters. The lowest BCUT2D eigenvalue weighted by Crippen LogP contribution is -1.99. The summed E-state index contributed by atoms with van der Waals surface area (Å²) < 4.78 is 21.9. The van der Waals surface area contributed by atoms with Crippen LogP contribution in [0, 0.1) is 0 Å². The molecule has 4 nitrogen and oxygen atoms in total. The van der Waals surface area contributed by atoms with Crippen LogP contribution in [0.25, 0.3) is 0 Å². The molecule has 0 saturated carbocycles. The zero-order valence-corrected chi connectivity index (χ0v) is 7.60. The maximum atomic E-state index is 10.9. The molecule has 1 aromatic rings. The Hall–Kier alpha value is -1.10. The molecule has 66 valence electrons. The van der Waals surface area contributed by atoms with Gasteiger partial charge in [0.25, 0.3) is 0 Å². The number of hydrogen-bond donors (Lipinski definition) is 1. The summed E-state index contributed by atoms with van der Waals surface area (Å²) in [6, 6.07) is 2.84. The molecule has 0 aliphatic heterocycles. The fraction of sp³-hybridized carbons (Fsp3) is 0.286. The van der Waals surface area contributed by atoms with Crippen molar-refractivity contribution >= 4 is 15.6 Å². The molecule has 1 rings (SSSR count). The smallest absolute Gasteiger partial charge is 0.190 e. The van der Waals surface area contributed by atoms with Crippen molar-refractivity contribution in [3.05, 3.63) is 17.8 Å². The molecule has 0 amide bonds. The molecule has 0 spiro atoms. The van der Waals surface area contributed by atoms with E-state index < -0.39 is 9.84 Å². The summed E-state index contributed by atoms with van der Waals surface area (Å²) in [6.45, 7) is 1.37. The standard InChI is InChI=1S/C7H9NO3S/c1-5(9)6-3-4-7(8-6)12(2,10)11/h3-4,8H,1-2H3. The van der Waals surface area contributed by atoms with E-state index >= 15 is 0 Å². The Kier molecular flexibility index (Phi) is 2.06. The zero-order valence-electron chi connectivity index (χ0n) is 6.79. The minimum atomic E-state index is -3.22. The number of nitrogens with one attached hydrogen (secondary N) is 1. The average Bonchev–Trinajstić information content (AvgIpc) is 2.30. The van der Waals surface area contributed by atoms with Gasteiger partial charge in [-0.3, -0.25) is 4.79 Å². The van der Waals surface area contributed by atoms with Crippen LogP contribution < -0.4 is 0 Å². The third-order valence-electron chi connectivity index (χ3n) is 1.44. The first-order valence-electron chi connectivity index (χ1n) is 3.31. The van der Waals surface area contributed by atoms with Gasteiger partial charge in [0, 0.05) is 13.2 Å². The van der Waals surface area contributed by atoms with Crippen molar-refractivity contribution in [3.63, 3.8) is 0 Å². The molecular formula is C7H9NO3S. The predicted octanol–water partition coefficient (Wildman–Crippen LogP) is 0.621. The summed E-state index contributed by atoms with van der Waals surface area (Å²) in [5, 5.41) is 0.0766. The van der Waals surface area contributed by atoms with Crippen LogP contribution in [0.1, 0.15) is 17.4 Å². The fourth-order valence-corrected chi connectivity index (χ4v) is 1.41. The molecule has 0 aliphatic rings. The molecule has 1 heterocycles. The average molecular weight is 187 g/mol. The maximum Gasteiger partial charge on any atom is 0.190 e. The van der Waals surface area contributed by atoms with Crippen molar-refractivity contribution in [1.29, 1.82) is 0 Å². The third-order valence-corrected chi connectivity index (χ3v) is 2.48. The van der Waals surface area contributed by atoms with Gasteiger partial charge in [0.2, 0.25) is 0 Å². The van der Waals surface area contributed by atoms with E-state index in [-0.39, 0.29) is 10.8 Å². The van der Waals surface area contributed by atoms with E-state index in [4.69, 9.17) is 0 Å². The number of rotatable bonds is 2. The van der Waals surface area contributed by atoms with Gasteiger partial charge >= 0.3 is 0 Å². The molecule has 1 aromatic heterocycles. The summed E-state index contributed by atoms with van der Waals surface area (Å²) in [4.78, 5) is 13.3. The highest BCUT2D eigenvalue weighted by molar-refractivity contribution is 7.90. The van der Waals surface area contributed by atoms with Gasteiger partial charge in [0.15, 0.2) is 15.6 Å². The lowest BCUT2D eigenvalue weighted by molar-refractivity contribution is 0.101. The Bertz CT molecular complexity index is 402. The number of H-pyrrole nitrogens is 1. The van der Waals surface area contributed by atoms with Crippen LogP contribution in [0.5, 0.6) is 0 Å². The lowest BCUT2D eigenvalue weighted by Gasteiger charge is -1.91. The molecule has 0 radical (unpaired) electrons. The molecule has 0 saturated heterocycles. The molecule has 0 atom stereocenters. The van der Waals surface area contributed by atoms with Crippen LogP contribution in [-0.4, -0.2) is 25.4 Å². The number of aromatic amines is 1. The largest absolute Gasteiger partial charge is 0.343 e. The number of sulfone groups is 1. The molecule has 0 aliphatic carbocycles. The van der Waals surface area contributed by atoms with Gasteiger partial charge in [-0.25, -0.2) is 8.42 Å². The van der Waals surface area contributed by atoms with Gasteiger partial charge in [-0.05, 0) is 12.1 Å². The Morgan fingerprint density at radius 3 is 2.25 bits per heavy atom. The van der Waals surface area contributed by atoms with Gasteiger partial charge in [0.1, 0.15) is 5.03 Å². The van der Waals surface area contributed by atoms with Gasteiger partial charge in [0.05, 0.1) is 5.69 Å². The van der Waals surface area contributed by atoms with Gasteiger partial charge in [-0.1, -0.05) is 0 Å². The summed E-state index contributed by atoms with van der Waals surface area (Å²) in [6.07, 6.45) is 1.09. The van der Waals surface area contributed by atoms with Gasteiger partial charge in [-0.2, -0.15) is 0 Å². The van der Waals surface area contributed by atoms with E-state index in [0.717, 1.165) is 6.26 Å². The number of ketones is 1. The number of Topliss-reactive ketones (excluding diaryl/α,β-unsaturated/α-hetero) is 1. The van der Waals surface area contributed by atoms with Gasteiger partial charge in [-0.15, -0.1) is 0 Å². The monoisotopic (exact) mass is 187 g/mol. The Morgan fingerprint density at radius 2 is 2.00 bits per heavy atom. The SMILES string of the molecule is CC(=O)c1ccc(S(C)(=O)=O)[nH]1. The topological polar surface area (TPSA) is 67.0 Å². The quantitative estimate of drug-likeness (QED) is 0.690.